The lowest BCUT2D eigenvalue weighted by Crippen LogP contribution is -1.94. The van der Waals surface area contributed by atoms with Crippen LogP contribution in [0.25, 0.3) is 111 Å². The molecule has 12 rings (SSSR count). The van der Waals surface area contributed by atoms with Crippen molar-refractivity contribution in [1.82, 2.24) is 9.13 Å². The van der Waals surface area contributed by atoms with E-state index >= 15 is 0 Å². The molecule has 0 saturated carbocycles. The minimum Gasteiger partial charge on any atom is -0.309 e. The third-order valence-electron chi connectivity index (χ3n) is 12.5. The Balaban J connectivity index is 0.961. The minimum atomic E-state index is 1.15. The second kappa shape index (κ2) is 14.8. The van der Waals surface area contributed by atoms with Gasteiger partial charge in [-0.3, -0.25) is 0 Å². The van der Waals surface area contributed by atoms with Crippen LogP contribution in [-0.4, -0.2) is 9.13 Å². The van der Waals surface area contributed by atoms with Gasteiger partial charge in [0.15, 0.2) is 0 Å². The number of aromatic nitrogens is 2. The highest BCUT2D eigenvalue weighted by Crippen LogP contribution is 2.40. The number of hydrogen-bond donors (Lipinski definition) is 0. The van der Waals surface area contributed by atoms with Gasteiger partial charge in [-0.2, -0.15) is 0 Å². The van der Waals surface area contributed by atoms with E-state index in [4.69, 9.17) is 0 Å². The van der Waals surface area contributed by atoms with Crippen LogP contribution in [0, 0.1) is 0 Å². The predicted molar refractivity (Wildman–Crippen MR) is 262 cm³/mol. The molecule has 0 atom stereocenters. The first kappa shape index (κ1) is 35.7. The second-order valence-electron chi connectivity index (χ2n) is 16.2. The van der Waals surface area contributed by atoms with Crippen LogP contribution in [0.5, 0.6) is 0 Å². The molecule has 62 heavy (non-hydrogen) atoms. The summed E-state index contributed by atoms with van der Waals surface area (Å²) in [6.45, 7) is 0. The van der Waals surface area contributed by atoms with Gasteiger partial charge in [0.25, 0.3) is 0 Å². The quantitative estimate of drug-likeness (QED) is 0.152. The van der Waals surface area contributed by atoms with Gasteiger partial charge >= 0.3 is 0 Å². The van der Waals surface area contributed by atoms with Crippen LogP contribution >= 0.6 is 0 Å². The largest absolute Gasteiger partial charge is 0.309 e. The van der Waals surface area contributed by atoms with Gasteiger partial charge in [-0.1, -0.05) is 170 Å². The van der Waals surface area contributed by atoms with E-state index in [1.807, 2.05) is 0 Å². The summed E-state index contributed by atoms with van der Waals surface area (Å²) in [7, 11) is 0. The molecule has 0 N–H and O–H groups in total. The van der Waals surface area contributed by atoms with Crippen molar-refractivity contribution in [2.24, 2.45) is 0 Å². The SMILES string of the molecule is c1ccc(-c2cc(-c3ccccc3)cc(-c3ccc(-c4ccc5c(c4)c4ccc(-c6ccc7c8ccccc8n(-c8ccccc8)c7c6)cc4n5-c4ccccc4)cc3)c2)cc1. The molecule has 0 fully saturated rings. The Labute approximate surface area is 360 Å². The molecular weight excluding hydrogens is 749 g/mol. The zero-order valence-corrected chi connectivity index (χ0v) is 34.0. The summed E-state index contributed by atoms with van der Waals surface area (Å²) in [6.07, 6.45) is 0. The Bertz CT molecular complexity index is 3520. The molecule has 0 aliphatic carbocycles. The van der Waals surface area contributed by atoms with Crippen LogP contribution < -0.4 is 0 Å². The van der Waals surface area contributed by atoms with E-state index in [0.29, 0.717) is 0 Å². The summed E-state index contributed by atoms with van der Waals surface area (Å²) >= 11 is 0. The van der Waals surface area contributed by atoms with Crippen LogP contribution in [-0.2, 0) is 0 Å². The highest BCUT2D eigenvalue weighted by Gasteiger charge is 2.17. The van der Waals surface area contributed by atoms with Gasteiger partial charge in [0.1, 0.15) is 0 Å². The molecular formula is C60H40N2. The van der Waals surface area contributed by atoms with Gasteiger partial charge in [-0.25, -0.2) is 0 Å². The molecule has 2 nitrogen and oxygen atoms in total. The van der Waals surface area contributed by atoms with Crippen molar-refractivity contribution in [3.8, 4) is 67.0 Å². The molecule has 0 saturated heterocycles. The van der Waals surface area contributed by atoms with Crippen molar-refractivity contribution in [2.45, 2.75) is 0 Å². The lowest BCUT2D eigenvalue weighted by Gasteiger charge is -2.12. The normalized spacial score (nSPS) is 11.5. The van der Waals surface area contributed by atoms with Crippen molar-refractivity contribution < 1.29 is 0 Å². The van der Waals surface area contributed by atoms with Crippen molar-refractivity contribution >= 4 is 43.6 Å². The summed E-state index contributed by atoms with van der Waals surface area (Å²) in [5.74, 6) is 0. The number of para-hydroxylation sites is 3. The van der Waals surface area contributed by atoms with E-state index in [1.54, 1.807) is 0 Å². The van der Waals surface area contributed by atoms with E-state index in [2.05, 4.69) is 252 Å². The van der Waals surface area contributed by atoms with Crippen LogP contribution in [0.15, 0.2) is 243 Å². The molecule has 2 aromatic heterocycles. The number of hydrogen-bond acceptors (Lipinski definition) is 0. The predicted octanol–water partition coefficient (Wildman–Crippen LogP) is 16.2. The first-order valence-corrected chi connectivity index (χ1v) is 21.3. The summed E-state index contributed by atoms with van der Waals surface area (Å²) in [5.41, 5.74) is 19.1. The maximum atomic E-state index is 2.42. The van der Waals surface area contributed by atoms with Gasteiger partial charge in [0.2, 0.25) is 0 Å². The van der Waals surface area contributed by atoms with Gasteiger partial charge in [-0.05, 0) is 128 Å². The van der Waals surface area contributed by atoms with E-state index in [9.17, 15) is 0 Å². The second-order valence-corrected chi connectivity index (χ2v) is 16.2. The molecule has 0 spiro atoms. The molecule has 0 aliphatic rings. The fourth-order valence-corrected chi connectivity index (χ4v) is 9.48. The molecule has 2 heteroatoms. The zero-order valence-electron chi connectivity index (χ0n) is 34.0. The molecule has 0 radical (unpaired) electrons. The monoisotopic (exact) mass is 788 g/mol. The average Bonchev–Trinajstić information content (AvgIpc) is 3.86. The number of benzene rings is 10. The smallest absolute Gasteiger partial charge is 0.0547 e. The third kappa shape index (κ3) is 6.12. The molecule has 0 amide bonds. The average molecular weight is 789 g/mol. The van der Waals surface area contributed by atoms with Crippen LogP contribution in [0.4, 0.5) is 0 Å². The van der Waals surface area contributed by atoms with Crippen LogP contribution in [0.1, 0.15) is 0 Å². The molecule has 10 aromatic carbocycles. The van der Waals surface area contributed by atoms with Crippen molar-refractivity contribution in [3.05, 3.63) is 243 Å². The van der Waals surface area contributed by atoms with Crippen molar-refractivity contribution in [2.75, 3.05) is 0 Å². The van der Waals surface area contributed by atoms with Gasteiger partial charge < -0.3 is 9.13 Å². The Kier molecular flexibility index (Phi) is 8.53. The highest BCUT2D eigenvalue weighted by atomic mass is 15.0. The van der Waals surface area contributed by atoms with E-state index < -0.39 is 0 Å². The van der Waals surface area contributed by atoms with Gasteiger partial charge in [0, 0.05) is 32.9 Å². The van der Waals surface area contributed by atoms with Gasteiger partial charge in [-0.15, -0.1) is 0 Å². The first-order valence-electron chi connectivity index (χ1n) is 21.3. The number of nitrogens with zero attached hydrogens (tertiary/aromatic N) is 2. The summed E-state index contributed by atoms with van der Waals surface area (Å²) in [6, 6.07) is 88.4. The molecule has 290 valence electrons. The van der Waals surface area contributed by atoms with E-state index in [0.717, 1.165) is 11.4 Å². The fourth-order valence-electron chi connectivity index (χ4n) is 9.48. The van der Waals surface area contributed by atoms with Crippen LogP contribution in [0.3, 0.4) is 0 Å². The maximum Gasteiger partial charge on any atom is 0.0547 e. The topological polar surface area (TPSA) is 9.86 Å². The van der Waals surface area contributed by atoms with Gasteiger partial charge in [0.05, 0.1) is 22.1 Å². The summed E-state index contributed by atoms with van der Waals surface area (Å²) < 4.78 is 4.82. The lowest BCUT2D eigenvalue weighted by atomic mass is 9.92. The first-order chi connectivity index (χ1) is 30.7. The van der Waals surface area contributed by atoms with E-state index in [1.165, 1.54) is 99.2 Å². The minimum absolute atomic E-state index is 1.15. The van der Waals surface area contributed by atoms with Crippen molar-refractivity contribution in [3.63, 3.8) is 0 Å². The third-order valence-corrected chi connectivity index (χ3v) is 12.5. The Morgan fingerprint density at radius 1 is 0.177 bits per heavy atom. The van der Waals surface area contributed by atoms with E-state index in [-0.39, 0.29) is 0 Å². The number of rotatable bonds is 7. The lowest BCUT2D eigenvalue weighted by molar-refractivity contribution is 1.18. The van der Waals surface area contributed by atoms with Crippen LogP contribution in [0.2, 0.25) is 0 Å². The molecule has 2 heterocycles. The molecule has 0 aliphatic heterocycles. The Hall–Kier alpha value is -8.20. The molecule has 0 bridgehead atoms. The maximum absolute atomic E-state index is 2.42. The highest BCUT2D eigenvalue weighted by molar-refractivity contribution is 6.13. The van der Waals surface area contributed by atoms with Crippen molar-refractivity contribution in [1.29, 1.82) is 0 Å². The Morgan fingerprint density at radius 2 is 0.516 bits per heavy atom. The standard InChI is InChI=1S/C60H40N2/c1-5-15-41(16-6-1)48-35-49(42-17-7-2-8-18-42)37-50(36-48)44-27-25-43(26-28-44)45-31-34-58-56(38-45)55-33-30-47(40-60(55)62(58)52-21-11-4-12-22-52)46-29-32-54-53-23-13-14-24-57(53)61(59(54)39-46)51-19-9-3-10-20-51/h1-40H. The molecule has 12 aromatic rings. The zero-order chi connectivity index (χ0) is 41.0. The molecule has 0 unspecified atom stereocenters. The summed E-state index contributed by atoms with van der Waals surface area (Å²) in [4.78, 5) is 0. The Morgan fingerprint density at radius 3 is 1.03 bits per heavy atom. The summed E-state index contributed by atoms with van der Waals surface area (Å²) in [5, 5.41) is 4.99. The fraction of sp³-hybridized carbons (Fsp3) is 0. The number of fused-ring (bicyclic) bond motifs is 6.